The number of nitrogens with two attached hydrogens (primary N) is 1. The van der Waals surface area contributed by atoms with Crippen LogP contribution in [0.5, 0.6) is 5.75 Å². The van der Waals surface area contributed by atoms with Crippen molar-refractivity contribution in [3.63, 3.8) is 0 Å². The zero-order valence-corrected chi connectivity index (χ0v) is 10.5. The fraction of sp³-hybridized carbons (Fsp3) is 0. The summed E-state index contributed by atoms with van der Waals surface area (Å²) in [6, 6.07) is 8.76. The number of rotatable bonds is 3. The van der Waals surface area contributed by atoms with E-state index in [-0.39, 0.29) is 17.1 Å². The lowest BCUT2D eigenvalue weighted by Crippen LogP contribution is -2.14. The topological polar surface area (TPSA) is 92.4 Å². The number of hydrogen-bond donors (Lipinski definition) is 3. The van der Waals surface area contributed by atoms with E-state index in [1.807, 2.05) is 0 Å². The molecule has 0 bridgehead atoms. The van der Waals surface area contributed by atoms with Crippen LogP contribution in [0.2, 0.25) is 0 Å². The highest BCUT2D eigenvalue weighted by atomic mass is 32.2. The summed E-state index contributed by atoms with van der Waals surface area (Å²) < 4.78 is 39.7. The summed E-state index contributed by atoms with van der Waals surface area (Å²) in [4.78, 5) is -0.546. The average molecular weight is 282 g/mol. The molecule has 0 heterocycles. The molecule has 0 spiro atoms. The summed E-state index contributed by atoms with van der Waals surface area (Å²) in [6.07, 6.45) is 0. The highest BCUT2D eigenvalue weighted by Gasteiger charge is 2.19. The Hall–Kier alpha value is -2.28. The number of phenolic OH excluding ortho intramolecular Hbond substituents is 1. The van der Waals surface area contributed by atoms with Crippen molar-refractivity contribution in [1.82, 2.24) is 0 Å². The van der Waals surface area contributed by atoms with Gasteiger partial charge in [-0.2, -0.15) is 0 Å². The molecule has 7 heteroatoms. The molecule has 0 atom stereocenters. The average Bonchev–Trinajstić information content (AvgIpc) is 2.31. The summed E-state index contributed by atoms with van der Waals surface area (Å²) in [7, 11) is -4.10. The van der Waals surface area contributed by atoms with Gasteiger partial charge in [-0.3, -0.25) is 4.72 Å². The monoisotopic (exact) mass is 282 g/mol. The number of aromatic hydroxyl groups is 1. The summed E-state index contributed by atoms with van der Waals surface area (Å²) in [5.74, 6) is -1.00. The van der Waals surface area contributed by atoms with Crippen molar-refractivity contribution < 1.29 is 17.9 Å². The van der Waals surface area contributed by atoms with Crippen molar-refractivity contribution in [2.24, 2.45) is 0 Å². The van der Waals surface area contributed by atoms with E-state index in [1.165, 1.54) is 30.3 Å². The van der Waals surface area contributed by atoms with Gasteiger partial charge in [0.2, 0.25) is 0 Å². The SMILES string of the molecule is Nc1ccc(F)c(S(=O)(=O)Nc2cccc(O)c2)c1. The fourth-order valence-corrected chi connectivity index (χ4v) is 2.67. The van der Waals surface area contributed by atoms with Crippen LogP contribution in [-0.2, 0) is 10.0 Å². The van der Waals surface area contributed by atoms with Gasteiger partial charge in [-0.15, -0.1) is 0 Å². The van der Waals surface area contributed by atoms with Gasteiger partial charge in [0.1, 0.15) is 16.5 Å². The van der Waals surface area contributed by atoms with Gasteiger partial charge >= 0.3 is 0 Å². The molecule has 5 nitrogen and oxygen atoms in total. The third-order valence-corrected chi connectivity index (χ3v) is 3.74. The van der Waals surface area contributed by atoms with Crippen LogP contribution in [0.25, 0.3) is 0 Å². The molecular weight excluding hydrogens is 271 g/mol. The van der Waals surface area contributed by atoms with Crippen LogP contribution in [0.4, 0.5) is 15.8 Å². The lowest BCUT2D eigenvalue weighted by Gasteiger charge is -2.09. The van der Waals surface area contributed by atoms with E-state index in [4.69, 9.17) is 5.73 Å². The number of hydrogen-bond acceptors (Lipinski definition) is 4. The molecule has 0 aliphatic heterocycles. The first-order chi connectivity index (χ1) is 8.88. The van der Waals surface area contributed by atoms with E-state index < -0.39 is 20.7 Å². The highest BCUT2D eigenvalue weighted by molar-refractivity contribution is 7.92. The number of sulfonamides is 1. The van der Waals surface area contributed by atoms with Crippen LogP contribution >= 0.6 is 0 Å². The third-order valence-electron chi connectivity index (χ3n) is 2.34. The van der Waals surface area contributed by atoms with Crippen LogP contribution < -0.4 is 10.5 Å². The maximum atomic E-state index is 13.5. The molecule has 0 aliphatic rings. The Morgan fingerprint density at radius 2 is 1.89 bits per heavy atom. The highest BCUT2D eigenvalue weighted by Crippen LogP contribution is 2.22. The second kappa shape index (κ2) is 4.77. The van der Waals surface area contributed by atoms with Gasteiger partial charge in [-0.1, -0.05) is 6.07 Å². The van der Waals surface area contributed by atoms with Crippen LogP contribution in [0.3, 0.4) is 0 Å². The number of nitrogen functional groups attached to an aromatic ring is 1. The molecule has 0 fully saturated rings. The molecule has 0 radical (unpaired) electrons. The lowest BCUT2D eigenvalue weighted by molar-refractivity contribution is 0.475. The van der Waals surface area contributed by atoms with E-state index in [0.717, 1.165) is 12.1 Å². The quantitative estimate of drug-likeness (QED) is 0.750. The summed E-state index contributed by atoms with van der Waals surface area (Å²) >= 11 is 0. The zero-order valence-electron chi connectivity index (χ0n) is 9.67. The van der Waals surface area contributed by atoms with Gasteiger partial charge in [0.25, 0.3) is 10.0 Å². The molecule has 0 saturated carbocycles. The largest absolute Gasteiger partial charge is 0.508 e. The maximum Gasteiger partial charge on any atom is 0.264 e. The molecule has 0 saturated heterocycles. The first-order valence-electron chi connectivity index (χ1n) is 5.25. The van der Waals surface area contributed by atoms with Gasteiger partial charge in [0.15, 0.2) is 0 Å². The second-order valence-electron chi connectivity index (χ2n) is 3.85. The Labute approximate surface area is 109 Å². The number of anilines is 2. The number of phenols is 1. The lowest BCUT2D eigenvalue weighted by atomic mass is 10.3. The van der Waals surface area contributed by atoms with Gasteiger partial charge in [0, 0.05) is 11.8 Å². The van der Waals surface area contributed by atoms with Crippen molar-refractivity contribution in [3.05, 3.63) is 48.3 Å². The Balaban J connectivity index is 2.40. The van der Waals surface area contributed by atoms with Crippen molar-refractivity contribution in [2.75, 3.05) is 10.5 Å². The number of benzene rings is 2. The molecule has 0 aromatic heterocycles. The van der Waals surface area contributed by atoms with Crippen LogP contribution in [-0.4, -0.2) is 13.5 Å². The van der Waals surface area contributed by atoms with Crippen LogP contribution in [0.15, 0.2) is 47.4 Å². The number of nitrogens with one attached hydrogen (secondary N) is 1. The van der Waals surface area contributed by atoms with Crippen molar-refractivity contribution >= 4 is 21.4 Å². The first kappa shape index (κ1) is 13.2. The molecule has 4 N–H and O–H groups in total. The van der Waals surface area contributed by atoms with Gasteiger partial charge in [-0.05, 0) is 30.3 Å². The van der Waals surface area contributed by atoms with E-state index >= 15 is 0 Å². The Kier molecular flexibility index (Phi) is 3.30. The van der Waals surface area contributed by atoms with E-state index in [1.54, 1.807) is 0 Å². The third kappa shape index (κ3) is 2.94. The Morgan fingerprint density at radius 1 is 1.16 bits per heavy atom. The normalized spacial score (nSPS) is 11.2. The van der Waals surface area contributed by atoms with Gasteiger partial charge in [0.05, 0.1) is 5.69 Å². The van der Waals surface area contributed by atoms with Crippen molar-refractivity contribution in [1.29, 1.82) is 0 Å². The molecule has 100 valence electrons. The Morgan fingerprint density at radius 3 is 2.58 bits per heavy atom. The summed E-state index contributed by atoms with van der Waals surface area (Å²) in [5, 5.41) is 9.25. The van der Waals surface area contributed by atoms with Crippen LogP contribution in [0.1, 0.15) is 0 Å². The van der Waals surface area contributed by atoms with Gasteiger partial charge in [-0.25, -0.2) is 12.8 Å². The fourth-order valence-electron chi connectivity index (χ4n) is 1.51. The molecule has 2 rings (SSSR count). The van der Waals surface area contributed by atoms with E-state index in [0.29, 0.717) is 0 Å². The molecule has 19 heavy (non-hydrogen) atoms. The standard InChI is InChI=1S/C12H11FN2O3S/c13-11-5-4-8(14)6-12(11)19(17,18)15-9-2-1-3-10(16)7-9/h1-7,15-16H,14H2. The molecule has 0 unspecified atom stereocenters. The van der Waals surface area contributed by atoms with Crippen LogP contribution in [0, 0.1) is 5.82 Å². The van der Waals surface area contributed by atoms with Crippen molar-refractivity contribution in [3.8, 4) is 5.75 Å². The van der Waals surface area contributed by atoms with E-state index in [2.05, 4.69) is 4.72 Å². The first-order valence-corrected chi connectivity index (χ1v) is 6.74. The Bertz CT molecular complexity index is 717. The summed E-state index contributed by atoms with van der Waals surface area (Å²) in [5.41, 5.74) is 5.71. The zero-order chi connectivity index (χ0) is 14.0. The summed E-state index contributed by atoms with van der Waals surface area (Å²) in [6.45, 7) is 0. The predicted molar refractivity (Wildman–Crippen MR) is 69.7 cm³/mol. The minimum absolute atomic E-state index is 0.103. The predicted octanol–water partition coefficient (Wildman–Crippen LogP) is 1.91. The maximum absolute atomic E-state index is 13.5. The van der Waals surface area contributed by atoms with E-state index in [9.17, 15) is 17.9 Å². The van der Waals surface area contributed by atoms with Gasteiger partial charge < -0.3 is 10.8 Å². The molecule has 2 aromatic rings. The number of halogens is 1. The van der Waals surface area contributed by atoms with Crippen molar-refractivity contribution in [2.45, 2.75) is 4.90 Å². The minimum Gasteiger partial charge on any atom is -0.508 e. The molecule has 0 amide bonds. The molecular formula is C12H11FN2O3S. The minimum atomic E-state index is -4.10. The smallest absolute Gasteiger partial charge is 0.264 e. The second-order valence-corrected chi connectivity index (χ2v) is 5.50. The molecule has 0 aliphatic carbocycles. The molecule has 2 aromatic carbocycles.